The topological polar surface area (TPSA) is 70.3 Å². The Bertz CT molecular complexity index is 1200. The highest BCUT2D eigenvalue weighted by atomic mass is 19.2. The number of ether oxygens (including phenoxy) is 2. The summed E-state index contributed by atoms with van der Waals surface area (Å²) in [6, 6.07) is 8.95. The lowest BCUT2D eigenvalue weighted by atomic mass is 10.0. The summed E-state index contributed by atoms with van der Waals surface area (Å²) < 4.78 is 37.6. The van der Waals surface area contributed by atoms with Gasteiger partial charge in [0.05, 0.1) is 25.4 Å². The van der Waals surface area contributed by atoms with Gasteiger partial charge >= 0.3 is 0 Å². The molecule has 0 radical (unpaired) electrons. The number of hydrogen-bond acceptors (Lipinski definition) is 5. The smallest absolute Gasteiger partial charge is 0.162 e. The highest BCUT2D eigenvalue weighted by Gasteiger charge is 2.14. The second-order valence-corrected chi connectivity index (χ2v) is 5.97. The molecule has 136 valence electrons. The van der Waals surface area contributed by atoms with Crippen molar-refractivity contribution in [2.24, 2.45) is 0 Å². The van der Waals surface area contributed by atoms with Crippen molar-refractivity contribution in [1.82, 2.24) is 9.97 Å². The van der Waals surface area contributed by atoms with Gasteiger partial charge in [-0.05, 0) is 35.7 Å². The number of rotatable bonds is 3. The first kappa shape index (κ1) is 17.0. The zero-order valence-corrected chi connectivity index (χ0v) is 14.6. The number of hydrogen-bond donors (Lipinski definition) is 1. The van der Waals surface area contributed by atoms with Gasteiger partial charge in [-0.15, -0.1) is 0 Å². The van der Waals surface area contributed by atoms with Crippen LogP contribution in [-0.4, -0.2) is 24.2 Å². The van der Waals surface area contributed by atoms with Crippen molar-refractivity contribution in [3.8, 4) is 22.8 Å². The van der Waals surface area contributed by atoms with Crippen LogP contribution < -0.4 is 15.2 Å². The van der Waals surface area contributed by atoms with Crippen molar-refractivity contribution in [1.29, 1.82) is 0 Å². The summed E-state index contributed by atoms with van der Waals surface area (Å²) in [5, 5.41) is 2.21. The van der Waals surface area contributed by atoms with Crippen LogP contribution in [0.3, 0.4) is 0 Å². The molecule has 2 aromatic carbocycles. The lowest BCUT2D eigenvalue weighted by molar-refractivity contribution is 0.356. The minimum Gasteiger partial charge on any atom is -0.493 e. The molecule has 0 aliphatic carbocycles. The van der Waals surface area contributed by atoms with Crippen LogP contribution in [0.15, 0.2) is 42.6 Å². The lowest BCUT2D eigenvalue weighted by Crippen LogP contribution is -1.97. The molecule has 0 atom stereocenters. The quantitative estimate of drug-likeness (QED) is 0.546. The molecule has 0 saturated heterocycles. The summed E-state index contributed by atoms with van der Waals surface area (Å²) in [7, 11) is 3.10. The standard InChI is InChI=1S/C20H15F2N3O2/c1-26-18-7-12-11-6-16(10-3-4-14(21)15(22)5-10)25-20(23)13(11)9-24-17(12)8-19(18)27-2/h3-9H,1-2H3,(H2,23,25). The van der Waals surface area contributed by atoms with Gasteiger partial charge in [-0.25, -0.2) is 13.8 Å². The number of nitrogens with two attached hydrogens (primary N) is 1. The Hall–Kier alpha value is -3.48. The average molecular weight is 367 g/mol. The Morgan fingerprint density at radius 2 is 1.59 bits per heavy atom. The molecule has 0 fully saturated rings. The fourth-order valence-corrected chi connectivity index (χ4v) is 3.06. The van der Waals surface area contributed by atoms with Crippen LogP contribution in [0.4, 0.5) is 14.6 Å². The Kier molecular flexibility index (Phi) is 3.99. The van der Waals surface area contributed by atoms with E-state index in [-0.39, 0.29) is 5.82 Å². The van der Waals surface area contributed by atoms with Crippen molar-refractivity contribution in [3.63, 3.8) is 0 Å². The van der Waals surface area contributed by atoms with Crippen LogP contribution in [0.5, 0.6) is 11.5 Å². The van der Waals surface area contributed by atoms with E-state index in [9.17, 15) is 8.78 Å². The number of fused-ring (bicyclic) bond motifs is 3. The normalized spacial score (nSPS) is 11.1. The number of methoxy groups -OCH3 is 2. The Labute approximate surface area is 153 Å². The zero-order chi connectivity index (χ0) is 19.1. The molecular formula is C20H15F2N3O2. The van der Waals surface area contributed by atoms with Gasteiger partial charge in [-0.2, -0.15) is 0 Å². The highest BCUT2D eigenvalue weighted by Crippen LogP contribution is 2.37. The SMILES string of the molecule is COc1cc2ncc3c(N)nc(-c4ccc(F)c(F)c4)cc3c2cc1OC. The minimum atomic E-state index is -0.945. The van der Waals surface area contributed by atoms with E-state index < -0.39 is 11.6 Å². The van der Waals surface area contributed by atoms with Crippen LogP contribution in [0, 0.1) is 11.6 Å². The van der Waals surface area contributed by atoms with Gasteiger partial charge in [0, 0.05) is 28.6 Å². The maximum atomic E-state index is 13.6. The van der Waals surface area contributed by atoms with Gasteiger partial charge in [0.2, 0.25) is 0 Å². The molecule has 0 spiro atoms. The summed E-state index contributed by atoms with van der Waals surface area (Å²) in [4.78, 5) is 8.74. The molecule has 0 aliphatic rings. The van der Waals surface area contributed by atoms with E-state index in [1.165, 1.54) is 6.07 Å². The highest BCUT2D eigenvalue weighted by molar-refractivity contribution is 6.10. The third-order valence-corrected chi connectivity index (χ3v) is 4.43. The maximum absolute atomic E-state index is 13.6. The number of benzene rings is 2. The Balaban J connectivity index is 2.03. The summed E-state index contributed by atoms with van der Waals surface area (Å²) in [6.07, 6.45) is 1.63. The number of nitrogens with zero attached hydrogens (tertiary/aromatic N) is 2. The van der Waals surface area contributed by atoms with E-state index in [0.29, 0.717) is 33.7 Å². The van der Waals surface area contributed by atoms with Crippen LogP contribution in [0.25, 0.3) is 32.9 Å². The second-order valence-electron chi connectivity index (χ2n) is 5.97. The third-order valence-electron chi connectivity index (χ3n) is 4.43. The predicted octanol–water partition coefficient (Wildman–Crippen LogP) is 4.33. The number of aromatic nitrogens is 2. The van der Waals surface area contributed by atoms with E-state index in [1.807, 2.05) is 0 Å². The number of pyridine rings is 2. The van der Waals surface area contributed by atoms with Crippen LogP contribution in [0.1, 0.15) is 0 Å². The van der Waals surface area contributed by atoms with Crippen molar-refractivity contribution < 1.29 is 18.3 Å². The summed E-state index contributed by atoms with van der Waals surface area (Å²) in [5.74, 6) is -0.516. The molecule has 0 bridgehead atoms. The molecule has 0 amide bonds. The predicted molar refractivity (Wildman–Crippen MR) is 99.9 cm³/mol. The second kappa shape index (κ2) is 6.35. The maximum Gasteiger partial charge on any atom is 0.162 e. The van der Waals surface area contributed by atoms with E-state index in [2.05, 4.69) is 9.97 Å². The molecule has 0 unspecified atom stereocenters. The van der Waals surface area contributed by atoms with Crippen LogP contribution >= 0.6 is 0 Å². The minimum absolute atomic E-state index is 0.247. The molecule has 0 saturated carbocycles. The van der Waals surface area contributed by atoms with Gasteiger partial charge in [-0.1, -0.05) is 0 Å². The van der Waals surface area contributed by atoms with Crippen molar-refractivity contribution in [3.05, 3.63) is 54.2 Å². The van der Waals surface area contributed by atoms with Crippen LogP contribution in [0.2, 0.25) is 0 Å². The largest absolute Gasteiger partial charge is 0.493 e. The van der Waals surface area contributed by atoms with Crippen molar-refractivity contribution >= 4 is 27.5 Å². The van der Waals surface area contributed by atoms with Gasteiger partial charge in [0.15, 0.2) is 23.1 Å². The fourth-order valence-electron chi connectivity index (χ4n) is 3.06. The monoisotopic (exact) mass is 367 g/mol. The summed E-state index contributed by atoms with van der Waals surface area (Å²) in [6.45, 7) is 0. The molecule has 4 rings (SSSR count). The number of anilines is 1. The fraction of sp³-hybridized carbons (Fsp3) is 0.100. The molecule has 2 heterocycles. The Morgan fingerprint density at radius 1 is 0.852 bits per heavy atom. The molecular weight excluding hydrogens is 352 g/mol. The summed E-state index contributed by atoms with van der Waals surface area (Å²) in [5.41, 5.74) is 7.64. The van der Waals surface area contributed by atoms with E-state index in [4.69, 9.17) is 15.2 Å². The number of halogens is 2. The molecule has 7 heteroatoms. The summed E-state index contributed by atoms with van der Waals surface area (Å²) >= 11 is 0. The van der Waals surface area contributed by atoms with E-state index >= 15 is 0 Å². The van der Waals surface area contributed by atoms with Gasteiger partial charge < -0.3 is 15.2 Å². The van der Waals surface area contributed by atoms with E-state index in [0.717, 1.165) is 22.9 Å². The van der Waals surface area contributed by atoms with Gasteiger partial charge in [-0.3, -0.25) is 4.98 Å². The molecule has 5 nitrogen and oxygen atoms in total. The van der Waals surface area contributed by atoms with E-state index in [1.54, 1.807) is 38.6 Å². The first-order valence-electron chi connectivity index (χ1n) is 8.08. The average Bonchev–Trinajstić information content (AvgIpc) is 2.68. The van der Waals surface area contributed by atoms with Crippen molar-refractivity contribution in [2.75, 3.05) is 20.0 Å². The zero-order valence-electron chi connectivity index (χ0n) is 14.6. The molecule has 2 aromatic heterocycles. The van der Waals surface area contributed by atoms with Crippen molar-refractivity contribution in [2.45, 2.75) is 0 Å². The van der Waals surface area contributed by atoms with Gasteiger partial charge in [0.1, 0.15) is 5.82 Å². The van der Waals surface area contributed by atoms with Gasteiger partial charge in [0.25, 0.3) is 0 Å². The lowest BCUT2D eigenvalue weighted by Gasteiger charge is -2.12. The molecule has 27 heavy (non-hydrogen) atoms. The third kappa shape index (κ3) is 2.77. The number of nitrogen functional groups attached to an aromatic ring is 1. The van der Waals surface area contributed by atoms with Crippen LogP contribution in [-0.2, 0) is 0 Å². The first-order valence-corrected chi connectivity index (χ1v) is 8.08. The Morgan fingerprint density at radius 3 is 2.30 bits per heavy atom. The molecule has 4 aromatic rings. The molecule has 2 N–H and O–H groups in total. The first-order chi connectivity index (χ1) is 13.0. The molecule has 0 aliphatic heterocycles.